The van der Waals surface area contributed by atoms with Crippen molar-refractivity contribution in [3.8, 4) is 11.4 Å². The molecule has 1 aliphatic rings. The monoisotopic (exact) mass is 365 g/mol. The van der Waals surface area contributed by atoms with Crippen LogP contribution in [0.15, 0.2) is 53.2 Å². The lowest BCUT2D eigenvalue weighted by atomic mass is 10.2. The van der Waals surface area contributed by atoms with E-state index in [1.54, 1.807) is 12.3 Å². The van der Waals surface area contributed by atoms with Gasteiger partial charge in [-0.2, -0.15) is 4.98 Å². The molecule has 0 radical (unpaired) electrons. The number of carbonyl (C=O) groups is 1. The van der Waals surface area contributed by atoms with E-state index in [0.717, 1.165) is 30.0 Å². The number of hydrogen-bond acceptors (Lipinski definition) is 7. The first kappa shape index (κ1) is 17.2. The van der Waals surface area contributed by atoms with Gasteiger partial charge in [0.25, 0.3) is 0 Å². The molecule has 0 saturated carbocycles. The second-order valence-electron chi connectivity index (χ2n) is 6.09. The van der Waals surface area contributed by atoms with Gasteiger partial charge in [0, 0.05) is 31.4 Å². The van der Waals surface area contributed by atoms with Crippen molar-refractivity contribution < 1.29 is 14.1 Å². The Morgan fingerprint density at radius 3 is 2.78 bits per heavy atom. The van der Waals surface area contributed by atoms with Gasteiger partial charge < -0.3 is 19.5 Å². The fraction of sp³-hybridized carbons (Fsp3) is 0.263. The number of morpholine rings is 1. The molecule has 1 saturated heterocycles. The molecular formula is C19H19N5O3. The molecule has 2 aromatic heterocycles. The summed E-state index contributed by atoms with van der Waals surface area (Å²) in [6.45, 7) is 3.33. The molecule has 1 amide bonds. The summed E-state index contributed by atoms with van der Waals surface area (Å²) in [5, 5.41) is 6.70. The van der Waals surface area contributed by atoms with E-state index in [0.29, 0.717) is 25.6 Å². The highest BCUT2D eigenvalue weighted by molar-refractivity contribution is 5.89. The Morgan fingerprint density at radius 1 is 1.15 bits per heavy atom. The van der Waals surface area contributed by atoms with E-state index >= 15 is 0 Å². The van der Waals surface area contributed by atoms with E-state index in [4.69, 9.17) is 9.26 Å². The number of benzene rings is 1. The molecule has 4 rings (SSSR count). The van der Waals surface area contributed by atoms with Gasteiger partial charge in [0.05, 0.1) is 13.2 Å². The number of rotatable bonds is 5. The Balaban J connectivity index is 1.45. The first-order valence-corrected chi connectivity index (χ1v) is 8.74. The molecule has 8 heteroatoms. The van der Waals surface area contributed by atoms with Crippen LogP contribution in [-0.4, -0.2) is 47.3 Å². The molecule has 0 bridgehead atoms. The molecule has 27 heavy (non-hydrogen) atoms. The van der Waals surface area contributed by atoms with E-state index in [-0.39, 0.29) is 5.89 Å². The number of anilines is 1. The topological polar surface area (TPSA) is 93.4 Å². The third kappa shape index (κ3) is 4.12. The Labute approximate surface area is 156 Å². The number of carbonyl (C=O) groups excluding carboxylic acids is 1. The van der Waals surface area contributed by atoms with Crippen LogP contribution in [0.25, 0.3) is 11.4 Å². The third-order valence-corrected chi connectivity index (χ3v) is 4.25. The van der Waals surface area contributed by atoms with Crippen molar-refractivity contribution in [1.82, 2.24) is 20.4 Å². The molecule has 8 nitrogen and oxygen atoms in total. The number of pyridine rings is 1. The quantitative estimate of drug-likeness (QED) is 0.738. The largest absolute Gasteiger partial charge is 0.378 e. The maximum atomic E-state index is 12.2. The average molecular weight is 365 g/mol. The lowest BCUT2D eigenvalue weighted by Crippen LogP contribution is -2.36. The van der Waals surface area contributed by atoms with Gasteiger partial charge in [0.2, 0.25) is 5.82 Å². The maximum Gasteiger partial charge on any atom is 0.316 e. The third-order valence-electron chi connectivity index (χ3n) is 4.25. The van der Waals surface area contributed by atoms with Crippen molar-refractivity contribution in [2.24, 2.45) is 0 Å². The molecule has 1 aliphatic heterocycles. The van der Waals surface area contributed by atoms with Crippen LogP contribution in [0.5, 0.6) is 0 Å². The van der Waals surface area contributed by atoms with Crippen molar-refractivity contribution in [3.63, 3.8) is 0 Å². The van der Waals surface area contributed by atoms with E-state index in [1.165, 1.54) is 0 Å². The lowest BCUT2D eigenvalue weighted by Gasteiger charge is -2.27. The highest BCUT2D eigenvalue weighted by Crippen LogP contribution is 2.21. The summed E-state index contributed by atoms with van der Waals surface area (Å²) in [5.74, 6) is 0.721. The van der Waals surface area contributed by atoms with Crippen molar-refractivity contribution in [1.29, 1.82) is 0 Å². The zero-order valence-corrected chi connectivity index (χ0v) is 14.7. The smallest absolute Gasteiger partial charge is 0.316 e. The van der Waals surface area contributed by atoms with Crippen LogP contribution in [-0.2, 0) is 11.3 Å². The van der Waals surface area contributed by atoms with Crippen LogP contribution >= 0.6 is 0 Å². The summed E-state index contributed by atoms with van der Waals surface area (Å²) in [6.07, 6.45) is 1.70. The number of hydrogen-bond donors (Lipinski definition) is 1. The van der Waals surface area contributed by atoms with Crippen molar-refractivity contribution in [3.05, 3.63) is 60.1 Å². The SMILES string of the molecule is O=C(NCc1ccccc1)c1nc(-c2ccnc(N3CCOCC3)c2)no1. The molecular weight excluding hydrogens is 346 g/mol. The molecule has 3 aromatic rings. The standard InChI is InChI=1S/C19H19N5O3/c25-18(21-13-14-4-2-1-3-5-14)19-22-17(23-27-19)15-6-7-20-16(12-15)24-8-10-26-11-9-24/h1-7,12H,8-11,13H2,(H,21,25). The number of amides is 1. The molecule has 0 aliphatic carbocycles. The molecule has 1 fully saturated rings. The van der Waals surface area contributed by atoms with Gasteiger partial charge in [-0.1, -0.05) is 35.5 Å². The van der Waals surface area contributed by atoms with E-state index < -0.39 is 5.91 Å². The van der Waals surface area contributed by atoms with Crippen LogP contribution in [0, 0.1) is 0 Å². The summed E-state index contributed by atoms with van der Waals surface area (Å²) in [7, 11) is 0. The van der Waals surface area contributed by atoms with Gasteiger partial charge in [-0.25, -0.2) is 4.98 Å². The van der Waals surface area contributed by atoms with E-state index in [2.05, 4.69) is 25.3 Å². The van der Waals surface area contributed by atoms with Crippen molar-refractivity contribution >= 4 is 11.7 Å². The molecule has 0 unspecified atom stereocenters. The van der Waals surface area contributed by atoms with Crippen LogP contribution in [0.1, 0.15) is 16.2 Å². The van der Waals surface area contributed by atoms with Gasteiger partial charge in [-0.05, 0) is 17.7 Å². The average Bonchev–Trinajstić information content (AvgIpc) is 3.24. The Bertz CT molecular complexity index is 906. The minimum Gasteiger partial charge on any atom is -0.378 e. The summed E-state index contributed by atoms with van der Waals surface area (Å²) < 4.78 is 10.5. The first-order chi connectivity index (χ1) is 13.3. The van der Waals surface area contributed by atoms with Gasteiger partial charge >= 0.3 is 11.8 Å². The van der Waals surface area contributed by atoms with Crippen molar-refractivity contribution in [2.45, 2.75) is 6.54 Å². The number of nitrogens with one attached hydrogen (secondary N) is 1. The minimum atomic E-state index is -0.403. The number of ether oxygens (including phenoxy) is 1. The maximum absolute atomic E-state index is 12.2. The second kappa shape index (κ2) is 7.96. The van der Waals surface area contributed by atoms with E-state index in [1.807, 2.05) is 36.4 Å². The number of nitrogens with zero attached hydrogens (tertiary/aromatic N) is 4. The Hall–Kier alpha value is -3.26. The predicted octanol–water partition coefficient (Wildman–Crippen LogP) is 1.90. The van der Waals surface area contributed by atoms with Crippen LogP contribution in [0.2, 0.25) is 0 Å². The molecule has 3 heterocycles. The molecule has 1 N–H and O–H groups in total. The van der Waals surface area contributed by atoms with Crippen LogP contribution < -0.4 is 10.2 Å². The molecule has 138 valence electrons. The minimum absolute atomic E-state index is 0.0642. The Kier molecular flexibility index (Phi) is 5.06. The lowest BCUT2D eigenvalue weighted by molar-refractivity contribution is 0.0907. The van der Waals surface area contributed by atoms with Gasteiger partial charge in [0.15, 0.2) is 0 Å². The fourth-order valence-electron chi connectivity index (χ4n) is 2.81. The fourth-order valence-corrected chi connectivity index (χ4v) is 2.81. The molecule has 0 atom stereocenters. The Morgan fingerprint density at radius 2 is 1.96 bits per heavy atom. The van der Waals surface area contributed by atoms with Crippen molar-refractivity contribution in [2.75, 3.05) is 31.2 Å². The molecule has 0 spiro atoms. The highest BCUT2D eigenvalue weighted by Gasteiger charge is 2.18. The summed E-state index contributed by atoms with van der Waals surface area (Å²) in [5.41, 5.74) is 1.74. The first-order valence-electron chi connectivity index (χ1n) is 8.74. The number of aromatic nitrogens is 3. The summed E-state index contributed by atoms with van der Waals surface area (Å²) in [4.78, 5) is 23.0. The highest BCUT2D eigenvalue weighted by atomic mass is 16.5. The zero-order valence-electron chi connectivity index (χ0n) is 14.7. The molecule has 1 aromatic carbocycles. The summed E-state index contributed by atoms with van der Waals surface area (Å²) in [6, 6.07) is 13.3. The van der Waals surface area contributed by atoms with Gasteiger partial charge in [-0.3, -0.25) is 4.79 Å². The van der Waals surface area contributed by atoms with Gasteiger partial charge in [0.1, 0.15) is 5.82 Å². The normalized spacial score (nSPS) is 14.1. The summed E-state index contributed by atoms with van der Waals surface area (Å²) >= 11 is 0. The van der Waals surface area contributed by atoms with Gasteiger partial charge in [-0.15, -0.1) is 0 Å². The zero-order chi connectivity index (χ0) is 18.5. The predicted molar refractivity (Wildman–Crippen MR) is 98.2 cm³/mol. The second-order valence-corrected chi connectivity index (χ2v) is 6.09. The van der Waals surface area contributed by atoms with E-state index in [9.17, 15) is 4.79 Å². The van der Waals surface area contributed by atoms with Crippen LogP contribution in [0.4, 0.5) is 5.82 Å². The van der Waals surface area contributed by atoms with Crippen LogP contribution in [0.3, 0.4) is 0 Å².